The van der Waals surface area contributed by atoms with Crippen LogP contribution in [0.5, 0.6) is 5.88 Å². The molecule has 2 N–H and O–H groups in total. The van der Waals surface area contributed by atoms with Crippen LogP contribution in [-0.2, 0) is 10.4 Å². The number of ether oxygens (including phenoxy) is 1. The zero-order valence-corrected chi connectivity index (χ0v) is 22.2. The van der Waals surface area contributed by atoms with Crippen LogP contribution in [0.15, 0.2) is 48.8 Å². The van der Waals surface area contributed by atoms with Gasteiger partial charge >= 0.3 is 0 Å². The Morgan fingerprint density at radius 3 is 2.60 bits per heavy atom. The molecule has 210 valence electrons. The second kappa shape index (κ2) is 11.1. The number of hydrogen-bond acceptors (Lipinski definition) is 6. The molecule has 8 nitrogen and oxygen atoms in total. The monoisotopic (exact) mass is 574 g/mol. The first-order valence-electron chi connectivity index (χ1n) is 12.7. The van der Waals surface area contributed by atoms with E-state index < -0.39 is 35.4 Å². The molecule has 3 aromatic rings. The van der Waals surface area contributed by atoms with Gasteiger partial charge in [-0.05, 0) is 43.7 Å². The number of pyridine rings is 2. The van der Waals surface area contributed by atoms with Crippen molar-refractivity contribution >= 4 is 29.1 Å². The van der Waals surface area contributed by atoms with Gasteiger partial charge in [-0.3, -0.25) is 14.6 Å². The Kier molecular flexibility index (Phi) is 7.70. The largest absolute Gasteiger partial charge is 0.481 e. The molecule has 1 aliphatic carbocycles. The summed E-state index contributed by atoms with van der Waals surface area (Å²) in [5, 5.41) is 14.6. The standard InChI is InChI=1S/C28H26ClF3N4O4/c1-40-23-11-20(21(30)13-33-23)28(39)19-4-2-3-5-22(19)36(27(28)38)14-15-6-8-17(9-7-15)35-26(37)18-10-16(29)12-34-24(18)25(31)32/h2-5,10-13,15,17,25,39H,6-9,14H2,1H3,(H,35,37)/t15-,17-,28?. The van der Waals surface area contributed by atoms with Crippen molar-refractivity contribution in [2.75, 3.05) is 18.6 Å². The Bertz CT molecular complexity index is 1450. The minimum absolute atomic E-state index is 0.0220. The number of aliphatic hydroxyl groups is 1. The predicted molar refractivity (Wildman–Crippen MR) is 140 cm³/mol. The summed E-state index contributed by atoms with van der Waals surface area (Å²) >= 11 is 5.87. The third-order valence-corrected chi connectivity index (χ3v) is 7.73. The smallest absolute Gasteiger partial charge is 0.281 e. The zero-order chi connectivity index (χ0) is 28.6. The number of alkyl halides is 2. The number of para-hydroxylation sites is 1. The van der Waals surface area contributed by atoms with E-state index in [1.807, 2.05) is 0 Å². The SMILES string of the molecule is COc1cc(C2(O)C(=O)N(C[C@H]3CC[C@H](NC(=O)c4cc(Cl)cnc4C(F)F)CC3)c3ccccc32)c(F)cn1. The van der Waals surface area contributed by atoms with Crippen LogP contribution in [0.1, 0.15) is 59.3 Å². The van der Waals surface area contributed by atoms with Crippen LogP contribution in [0.25, 0.3) is 0 Å². The number of nitrogens with one attached hydrogen (secondary N) is 1. The van der Waals surface area contributed by atoms with Crippen molar-refractivity contribution in [1.29, 1.82) is 0 Å². The number of aromatic nitrogens is 2. The molecule has 2 amide bonds. The number of benzene rings is 1. The number of halogens is 4. The van der Waals surface area contributed by atoms with Crippen LogP contribution < -0.4 is 15.0 Å². The summed E-state index contributed by atoms with van der Waals surface area (Å²) in [6.45, 7) is 0.274. The fraction of sp³-hybridized carbons (Fsp3) is 0.357. The van der Waals surface area contributed by atoms with Gasteiger partial charge in [0, 0.05) is 36.0 Å². The third kappa shape index (κ3) is 4.99. The first-order valence-corrected chi connectivity index (χ1v) is 13.1. The molecule has 1 aromatic carbocycles. The summed E-state index contributed by atoms with van der Waals surface area (Å²) in [7, 11) is 1.35. The number of anilines is 1. The molecule has 5 rings (SSSR count). The van der Waals surface area contributed by atoms with E-state index in [9.17, 15) is 27.9 Å². The summed E-state index contributed by atoms with van der Waals surface area (Å²) in [5.74, 6) is -2.10. The van der Waals surface area contributed by atoms with Gasteiger partial charge in [0.1, 0.15) is 11.5 Å². The molecule has 40 heavy (non-hydrogen) atoms. The second-order valence-corrected chi connectivity index (χ2v) is 10.4. The molecule has 2 aromatic heterocycles. The number of carbonyl (C=O) groups excluding carboxylic acids is 2. The highest BCUT2D eigenvalue weighted by molar-refractivity contribution is 6.30. The Balaban J connectivity index is 1.29. The number of hydrogen-bond donors (Lipinski definition) is 2. The molecular weight excluding hydrogens is 549 g/mol. The van der Waals surface area contributed by atoms with E-state index in [2.05, 4.69) is 15.3 Å². The highest BCUT2D eigenvalue weighted by Gasteiger charge is 2.53. The number of nitrogens with zero attached hydrogens (tertiary/aromatic N) is 3. The fourth-order valence-corrected chi connectivity index (χ4v) is 5.66. The molecule has 2 aliphatic rings. The molecule has 1 atom stereocenters. The molecule has 1 unspecified atom stereocenters. The Morgan fingerprint density at radius 2 is 1.90 bits per heavy atom. The van der Waals surface area contributed by atoms with Crippen molar-refractivity contribution in [3.8, 4) is 5.88 Å². The van der Waals surface area contributed by atoms with E-state index in [0.717, 1.165) is 12.4 Å². The lowest BCUT2D eigenvalue weighted by Crippen LogP contribution is -2.45. The van der Waals surface area contributed by atoms with Crippen molar-refractivity contribution in [2.45, 2.75) is 43.8 Å². The highest BCUT2D eigenvalue weighted by Crippen LogP contribution is 2.46. The van der Waals surface area contributed by atoms with Gasteiger partial charge in [-0.1, -0.05) is 29.8 Å². The van der Waals surface area contributed by atoms with Gasteiger partial charge < -0.3 is 20.1 Å². The Hall–Kier alpha value is -3.70. The highest BCUT2D eigenvalue weighted by atomic mass is 35.5. The topological polar surface area (TPSA) is 105 Å². The summed E-state index contributed by atoms with van der Waals surface area (Å²) in [6, 6.07) is 8.83. The van der Waals surface area contributed by atoms with Gasteiger partial charge in [-0.25, -0.2) is 18.2 Å². The number of amides is 2. The van der Waals surface area contributed by atoms with E-state index in [0.29, 0.717) is 31.4 Å². The average molecular weight is 575 g/mol. The quantitative estimate of drug-likeness (QED) is 0.421. The van der Waals surface area contributed by atoms with Crippen molar-refractivity contribution < 1.29 is 32.6 Å². The zero-order valence-electron chi connectivity index (χ0n) is 21.4. The first kappa shape index (κ1) is 27.9. The lowest BCUT2D eigenvalue weighted by atomic mass is 9.85. The molecule has 12 heteroatoms. The number of carbonyl (C=O) groups is 2. The number of methoxy groups -OCH3 is 1. The minimum atomic E-state index is -2.92. The van der Waals surface area contributed by atoms with Crippen molar-refractivity contribution in [2.24, 2.45) is 5.92 Å². The molecule has 0 spiro atoms. The summed E-state index contributed by atoms with van der Waals surface area (Å²) in [6.07, 6.45) is 1.42. The van der Waals surface area contributed by atoms with Gasteiger partial charge in [0.15, 0.2) is 5.60 Å². The van der Waals surface area contributed by atoms with Crippen LogP contribution in [0.3, 0.4) is 0 Å². The lowest BCUT2D eigenvalue weighted by Gasteiger charge is -2.32. The van der Waals surface area contributed by atoms with Gasteiger partial charge in [-0.2, -0.15) is 0 Å². The molecule has 1 aliphatic heterocycles. The number of rotatable bonds is 7. The van der Waals surface area contributed by atoms with Crippen LogP contribution >= 0.6 is 11.6 Å². The molecule has 1 saturated carbocycles. The van der Waals surface area contributed by atoms with E-state index in [-0.39, 0.29) is 46.1 Å². The van der Waals surface area contributed by atoms with Gasteiger partial charge in [0.2, 0.25) is 5.88 Å². The maximum Gasteiger partial charge on any atom is 0.281 e. The lowest BCUT2D eigenvalue weighted by molar-refractivity contribution is -0.132. The molecule has 0 saturated heterocycles. The van der Waals surface area contributed by atoms with Crippen LogP contribution in [-0.4, -0.2) is 46.6 Å². The van der Waals surface area contributed by atoms with Gasteiger partial charge in [-0.15, -0.1) is 0 Å². The van der Waals surface area contributed by atoms with Gasteiger partial charge in [0.25, 0.3) is 18.2 Å². The van der Waals surface area contributed by atoms with E-state index in [4.69, 9.17) is 16.3 Å². The third-order valence-electron chi connectivity index (χ3n) is 7.53. The molecule has 0 bridgehead atoms. The van der Waals surface area contributed by atoms with Crippen LogP contribution in [0, 0.1) is 11.7 Å². The predicted octanol–water partition coefficient (Wildman–Crippen LogP) is 4.79. The molecule has 0 radical (unpaired) electrons. The fourth-order valence-electron chi connectivity index (χ4n) is 5.50. The van der Waals surface area contributed by atoms with Gasteiger partial charge in [0.05, 0.1) is 29.6 Å². The van der Waals surface area contributed by atoms with Crippen LogP contribution in [0.4, 0.5) is 18.9 Å². The van der Waals surface area contributed by atoms with E-state index in [1.54, 1.807) is 24.3 Å². The van der Waals surface area contributed by atoms with E-state index in [1.165, 1.54) is 24.1 Å². The molecular formula is C28H26ClF3N4O4. The Labute approximate surface area is 233 Å². The molecule has 1 fully saturated rings. The van der Waals surface area contributed by atoms with Crippen LogP contribution in [0.2, 0.25) is 5.02 Å². The first-order chi connectivity index (χ1) is 19.1. The second-order valence-electron chi connectivity index (χ2n) is 9.93. The van der Waals surface area contributed by atoms with E-state index >= 15 is 0 Å². The maximum atomic E-state index is 14.9. The van der Waals surface area contributed by atoms with Crippen molar-refractivity contribution in [3.63, 3.8) is 0 Å². The maximum absolute atomic E-state index is 14.9. The normalized spacial score (nSPS) is 22.4. The number of fused-ring (bicyclic) bond motifs is 1. The van der Waals surface area contributed by atoms with Crippen molar-refractivity contribution in [3.05, 3.63) is 82.0 Å². The summed E-state index contributed by atoms with van der Waals surface area (Å²) in [4.78, 5) is 35.3. The summed E-state index contributed by atoms with van der Waals surface area (Å²) in [5.41, 5.74) is -2.65. The molecule has 3 heterocycles. The van der Waals surface area contributed by atoms with Crippen molar-refractivity contribution in [1.82, 2.24) is 15.3 Å². The Morgan fingerprint density at radius 1 is 1.18 bits per heavy atom. The minimum Gasteiger partial charge on any atom is -0.481 e. The summed E-state index contributed by atoms with van der Waals surface area (Å²) < 4.78 is 46.6. The average Bonchev–Trinajstić information content (AvgIpc) is 3.16.